The van der Waals surface area contributed by atoms with Crippen LogP contribution in [0.1, 0.15) is 52.4 Å². The quantitative estimate of drug-likeness (QED) is 0.842. The minimum absolute atomic E-state index is 0.0450. The Morgan fingerprint density at radius 1 is 1.35 bits per heavy atom. The number of nitrogens with zero attached hydrogens (tertiary/aromatic N) is 2. The topological polar surface area (TPSA) is 64.1 Å². The summed E-state index contributed by atoms with van der Waals surface area (Å²) in [5, 5.41) is 9.32. The van der Waals surface area contributed by atoms with Crippen molar-refractivity contribution in [3.05, 3.63) is 24.0 Å². The zero-order valence-electron chi connectivity index (χ0n) is 12.8. The highest BCUT2D eigenvalue weighted by atomic mass is 16.3. The lowest BCUT2D eigenvalue weighted by Crippen LogP contribution is -2.22. The summed E-state index contributed by atoms with van der Waals surface area (Å²) in [5.74, 6) is 1.05. The number of rotatable bonds is 4. The van der Waals surface area contributed by atoms with E-state index in [0.717, 1.165) is 35.4 Å². The van der Waals surface area contributed by atoms with Gasteiger partial charge in [-0.25, -0.2) is 4.98 Å². The predicted molar refractivity (Wildman–Crippen MR) is 83.9 cm³/mol. The second-order valence-electron chi connectivity index (χ2n) is 6.38. The van der Waals surface area contributed by atoms with Crippen molar-refractivity contribution in [3.8, 4) is 0 Å². The fourth-order valence-corrected chi connectivity index (χ4v) is 2.68. The summed E-state index contributed by atoms with van der Waals surface area (Å²) in [6.45, 7) is 8.84. The number of aromatic nitrogens is 2. The van der Waals surface area contributed by atoms with Crippen molar-refractivity contribution in [3.63, 3.8) is 0 Å². The van der Waals surface area contributed by atoms with Gasteiger partial charge in [0.2, 0.25) is 0 Å². The zero-order valence-corrected chi connectivity index (χ0v) is 12.8. The van der Waals surface area contributed by atoms with Gasteiger partial charge in [0.15, 0.2) is 0 Å². The predicted octanol–water partition coefficient (Wildman–Crippen LogP) is 3.25. The molecule has 0 fully saturated rings. The van der Waals surface area contributed by atoms with Gasteiger partial charge in [-0.1, -0.05) is 27.7 Å². The molecule has 0 spiro atoms. The van der Waals surface area contributed by atoms with Gasteiger partial charge in [0.05, 0.1) is 11.0 Å². The van der Waals surface area contributed by atoms with E-state index in [-0.39, 0.29) is 18.1 Å². The van der Waals surface area contributed by atoms with Gasteiger partial charge in [-0.05, 0) is 31.0 Å². The van der Waals surface area contributed by atoms with Crippen molar-refractivity contribution in [1.82, 2.24) is 9.55 Å². The largest absolute Gasteiger partial charge is 0.399 e. The van der Waals surface area contributed by atoms with Gasteiger partial charge < -0.3 is 15.4 Å². The molecule has 0 saturated heterocycles. The van der Waals surface area contributed by atoms with E-state index in [1.165, 1.54) is 0 Å². The third-order valence-electron chi connectivity index (χ3n) is 3.68. The van der Waals surface area contributed by atoms with Crippen LogP contribution in [0.4, 0.5) is 5.69 Å². The van der Waals surface area contributed by atoms with Crippen LogP contribution in [0.15, 0.2) is 18.2 Å². The number of aliphatic hydroxyl groups excluding tert-OH is 1. The molecule has 0 aliphatic carbocycles. The lowest BCUT2D eigenvalue weighted by molar-refractivity contribution is 0.252. The van der Waals surface area contributed by atoms with Crippen LogP contribution in [-0.2, 0) is 5.41 Å². The summed E-state index contributed by atoms with van der Waals surface area (Å²) in [4.78, 5) is 4.80. The second kappa shape index (κ2) is 5.44. The third kappa shape index (κ3) is 2.66. The first-order valence-electron chi connectivity index (χ1n) is 7.27. The molecule has 0 aliphatic heterocycles. The summed E-state index contributed by atoms with van der Waals surface area (Å²) in [7, 11) is 0. The van der Waals surface area contributed by atoms with E-state index in [1.54, 1.807) is 0 Å². The molecule has 20 heavy (non-hydrogen) atoms. The highest BCUT2D eigenvalue weighted by molar-refractivity contribution is 5.80. The van der Waals surface area contributed by atoms with Crippen LogP contribution in [0, 0.1) is 0 Å². The Morgan fingerprint density at radius 2 is 2.05 bits per heavy atom. The van der Waals surface area contributed by atoms with E-state index in [0.29, 0.717) is 0 Å². The van der Waals surface area contributed by atoms with Gasteiger partial charge in [-0.3, -0.25) is 0 Å². The molecule has 1 aromatic carbocycles. The number of hydrogen-bond acceptors (Lipinski definition) is 3. The van der Waals surface area contributed by atoms with E-state index < -0.39 is 0 Å². The van der Waals surface area contributed by atoms with E-state index in [1.807, 2.05) is 18.2 Å². The lowest BCUT2D eigenvalue weighted by atomic mass is 9.95. The number of benzene rings is 1. The first-order chi connectivity index (χ1) is 9.38. The summed E-state index contributed by atoms with van der Waals surface area (Å²) in [6.07, 6.45) is 1.72. The molecule has 4 nitrogen and oxygen atoms in total. The molecule has 2 aromatic rings. The first-order valence-corrected chi connectivity index (χ1v) is 7.27. The standard InChI is InChI=1S/C16H25N3O/c1-5-12(8-9-20)19-14-7-6-11(17)10-13(14)18-15(19)16(2,3)4/h6-7,10,12,20H,5,8-9,17H2,1-4H3. The van der Waals surface area contributed by atoms with E-state index in [2.05, 4.69) is 32.3 Å². The highest BCUT2D eigenvalue weighted by Gasteiger charge is 2.26. The molecule has 2 rings (SSSR count). The average molecular weight is 275 g/mol. The van der Waals surface area contributed by atoms with Crippen LogP contribution in [0.3, 0.4) is 0 Å². The normalized spacial score (nSPS) is 13.8. The minimum Gasteiger partial charge on any atom is -0.399 e. The molecule has 3 N–H and O–H groups in total. The van der Waals surface area contributed by atoms with Crippen LogP contribution in [0.25, 0.3) is 11.0 Å². The Labute approximate surface area is 120 Å². The van der Waals surface area contributed by atoms with E-state index in [9.17, 15) is 5.11 Å². The van der Waals surface area contributed by atoms with Gasteiger partial charge in [0, 0.05) is 23.8 Å². The Balaban J connectivity index is 2.70. The maximum absolute atomic E-state index is 9.32. The number of hydrogen-bond donors (Lipinski definition) is 2. The summed E-state index contributed by atoms with van der Waals surface area (Å²) < 4.78 is 2.28. The Kier molecular flexibility index (Phi) is 4.04. The molecule has 1 atom stereocenters. The molecule has 1 heterocycles. The number of imidazole rings is 1. The van der Waals surface area contributed by atoms with Crippen molar-refractivity contribution in [2.45, 2.75) is 52.0 Å². The number of anilines is 1. The van der Waals surface area contributed by atoms with Crippen LogP contribution >= 0.6 is 0 Å². The molecule has 0 bridgehead atoms. The van der Waals surface area contributed by atoms with Gasteiger partial charge >= 0.3 is 0 Å². The van der Waals surface area contributed by atoms with Crippen LogP contribution in [0.2, 0.25) is 0 Å². The molecule has 1 aromatic heterocycles. The Hall–Kier alpha value is -1.55. The molecule has 0 amide bonds. The van der Waals surface area contributed by atoms with E-state index in [4.69, 9.17) is 10.7 Å². The van der Waals surface area contributed by atoms with Crippen LogP contribution in [-0.4, -0.2) is 21.3 Å². The Morgan fingerprint density at radius 3 is 2.60 bits per heavy atom. The zero-order chi connectivity index (χ0) is 14.9. The van der Waals surface area contributed by atoms with Crippen molar-refractivity contribution >= 4 is 16.7 Å². The SMILES string of the molecule is CCC(CCO)n1c(C(C)(C)C)nc2cc(N)ccc21. The third-order valence-corrected chi connectivity index (χ3v) is 3.68. The lowest BCUT2D eigenvalue weighted by Gasteiger charge is -2.25. The monoisotopic (exact) mass is 275 g/mol. The molecule has 4 heteroatoms. The summed E-state index contributed by atoms with van der Waals surface area (Å²) in [5.41, 5.74) is 8.60. The first kappa shape index (κ1) is 14.9. The number of fused-ring (bicyclic) bond motifs is 1. The van der Waals surface area contributed by atoms with Crippen LogP contribution in [0.5, 0.6) is 0 Å². The fourth-order valence-electron chi connectivity index (χ4n) is 2.68. The van der Waals surface area contributed by atoms with E-state index >= 15 is 0 Å². The average Bonchev–Trinajstić information content (AvgIpc) is 2.74. The molecule has 0 saturated carbocycles. The molecular weight excluding hydrogens is 250 g/mol. The maximum Gasteiger partial charge on any atom is 0.115 e. The van der Waals surface area contributed by atoms with Crippen LogP contribution < -0.4 is 5.73 Å². The molecule has 1 unspecified atom stereocenters. The van der Waals surface area contributed by atoms with Crippen molar-refractivity contribution in [2.75, 3.05) is 12.3 Å². The van der Waals surface area contributed by atoms with Gasteiger partial charge in [-0.2, -0.15) is 0 Å². The molecular formula is C16H25N3O. The molecule has 110 valence electrons. The Bertz CT molecular complexity index is 596. The van der Waals surface area contributed by atoms with Crippen molar-refractivity contribution in [1.29, 1.82) is 0 Å². The van der Waals surface area contributed by atoms with Crippen molar-refractivity contribution in [2.24, 2.45) is 0 Å². The second-order valence-corrected chi connectivity index (χ2v) is 6.38. The summed E-state index contributed by atoms with van der Waals surface area (Å²) >= 11 is 0. The minimum atomic E-state index is -0.0450. The fraction of sp³-hybridized carbons (Fsp3) is 0.562. The number of nitrogens with two attached hydrogens (primary N) is 1. The number of aliphatic hydroxyl groups is 1. The number of nitrogen functional groups attached to an aromatic ring is 1. The molecule has 0 radical (unpaired) electrons. The maximum atomic E-state index is 9.32. The van der Waals surface area contributed by atoms with Gasteiger partial charge in [0.25, 0.3) is 0 Å². The highest BCUT2D eigenvalue weighted by Crippen LogP contribution is 2.32. The summed E-state index contributed by atoms with van der Waals surface area (Å²) in [6, 6.07) is 6.14. The smallest absolute Gasteiger partial charge is 0.115 e. The van der Waals surface area contributed by atoms with Gasteiger partial charge in [-0.15, -0.1) is 0 Å². The van der Waals surface area contributed by atoms with Crippen molar-refractivity contribution < 1.29 is 5.11 Å². The van der Waals surface area contributed by atoms with Gasteiger partial charge in [0.1, 0.15) is 5.82 Å². The molecule has 0 aliphatic rings.